The molecule has 3 N–H and O–H groups in total. The average Bonchev–Trinajstić information content (AvgIpc) is 2.76. The molecule has 6 nitrogen and oxygen atoms in total. The van der Waals surface area contributed by atoms with E-state index < -0.39 is 11.8 Å². The zero-order chi connectivity index (χ0) is 21.3. The van der Waals surface area contributed by atoms with Gasteiger partial charge in [0.2, 0.25) is 0 Å². The summed E-state index contributed by atoms with van der Waals surface area (Å²) in [5.41, 5.74) is 4.48. The number of benzene rings is 3. The van der Waals surface area contributed by atoms with Crippen molar-refractivity contribution in [1.29, 1.82) is 0 Å². The van der Waals surface area contributed by atoms with Gasteiger partial charge in [-0.15, -0.1) is 0 Å². The zero-order valence-electron chi connectivity index (χ0n) is 16.2. The molecule has 0 aliphatic heterocycles. The Kier molecular flexibility index (Phi) is 6.78. The predicted octanol–water partition coefficient (Wildman–Crippen LogP) is 4.78. The lowest BCUT2D eigenvalue weighted by Gasteiger charge is -2.07. The lowest BCUT2D eigenvalue weighted by molar-refractivity contribution is 0.252. The SMILES string of the molecule is COc1ccc(/C=C/C(=N\NC(=O)Nc2ccc(F)cc2)c2ccccc2O)cc1. The molecule has 3 aromatic rings. The number of anilines is 1. The number of para-hydroxylation sites is 1. The van der Waals surface area contributed by atoms with E-state index in [0.29, 0.717) is 17.0 Å². The van der Waals surface area contributed by atoms with Crippen molar-refractivity contribution in [1.82, 2.24) is 5.43 Å². The molecule has 3 aromatic carbocycles. The van der Waals surface area contributed by atoms with Crippen LogP contribution in [0.3, 0.4) is 0 Å². The van der Waals surface area contributed by atoms with Gasteiger partial charge in [0.1, 0.15) is 17.3 Å². The number of aromatic hydroxyl groups is 1. The van der Waals surface area contributed by atoms with Crippen LogP contribution in [0.5, 0.6) is 11.5 Å². The highest BCUT2D eigenvalue weighted by atomic mass is 19.1. The van der Waals surface area contributed by atoms with E-state index in [1.54, 1.807) is 37.5 Å². The third-order valence-corrected chi connectivity index (χ3v) is 4.11. The summed E-state index contributed by atoms with van der Waals surface area (Å²) in [5.74, 6) is 0.363. The van der Waals surface area contributed by atoms with Gasteiger partial charge in [-0.25, -0.2) is 14.6 Å². The molecule has 152 valence electrons. The third-order valence-electron chi connectivity index (χ3n) is 4.11. The van der Waals surface area contributed by atoms with Crippen LogP contribution in [0.25, 0.3) is 6.08 Å². The van der Waals surface area contributed by atoms with Gasteiger partial charge in [0, 0.05) is 11.3 Å². The molecular formula is C23H20FN3O3. The number of rotatable bonds is 6. The fourth-order valence-electron chi connectivity index (χ4n) is 2.57. The predicted molar refractivity (Wildman–Crippen MR) is 115 cm³/mol. The molecule has 3 rings (SSSR count). The molecule has 2 amide bonds. The molecule has 0 fully saturated rings. The Morgan fingerprint density at radius 1 is 1.03 bits per heavy atom. The fraction of sp³-hybridized carbons (Fsp3) is 0.0435. The van der Waals surface area contributed by atoms with Crippen molar-refractivity contribution in [3.8, 4) is 11.5 Å². The van der Waals surface area contributed by atoms with Crippen LogP contribution < -0.4 is 15.5 Å². The van der Waals surface area contributed by atoms with Gasteiger partial charge in [-0.1, -0.05) is 30.3 Å². The summed E-state index contributed by atoms with van der Waals surface area (Å²) in [4.78, 5) is 12.1. The van der Waals surface area contributed by atoms with Crippen LogP contribution in [0, 0.1) is 5.82 Å². The summed E-state index contributed by atoms with van der Waals surface area (Å²) in [6.07, 6.45) is 3.47. The monoisotopic (exact) mass is 405 g/mol. The first kappa shape index (κ1) is 20.6. The lowest BCUT2D eigenvalue weighted by Crippen LogP contribution is -2.25. The molecule has 30 heavy (non-hydrogen) atoms. The lowest BCUT2D eigenvalue weighted by atomic mass is 10.1. The van der Waals surface area contributed by atoms with E-state index in [1.165, 1.54) is 30.3 Å². The second-order valence-electron chi connectivity index (χ2n) is 6.19. The molecular weight excluding hydrogens is 385 g/mol. The van der Waals surface area contributed by atoms with Crippen molar-refractivity contribution in [2.75, 3.05) is 12.4 Å². The minimum Gasteiger partial charge on any atom is -0.507 e. The van der Waals surface area contributed by atoms with Crippen LogP contribution >= 0.6 is 0 Å². The van der Waals surface area contributed by atoms with Crippen molar-refractivity contribution in [2.45, 2.75) is 0 Å². The quantitative estimate of drug-likeness (QED) is 0.408. The van der Waals surface area contributed by atoms with Crippen molar-refractivity contribution < 1.29 is 19.0 Å². The maximum atomic E-state index is 13.0. The van der Waals surface area contributed by atoms with Gasteiger partial charge < -0.3 is 15.2 Å². The Hall–Kier alpha value is -4.13. The van der Waals surface area contributed by atoms with Gasteiger partial charge in [0.15, 0.2) is 0 Å². The number of hydrogen-bond acceptors (Lipinski definition) is 4. The van der Waals surface area contributed by atoms with E-state index in [-0.39, 0.29) is 5.75 Å². The Labute approximate surface area is 173 Å². The number of nitrogens with one attached hydrogen (secondary N) is 2. The highest BCUT2D eigenvalue weighted by Crippen LogP contribution is 2.19. The second kappa shape index (κ2) is 9.88. The number of phenols is 1. The number of urea groups is 1. The van der Waals surface area contributed by atoms with E-state index in [2.05, 4.69) is 15.8 Å². The van der Waals surface area contributed by atoms with Gasteiger partial charge in [0.05, 0.1) is 12.8 Å². The largest absolute Gasteiger partial charge is 0.507 e. The molecule has 0 spiro atoms. The number of methoxy groups -OCH3 is 1. The van der Waals surface area contributed by atoms with E-state index in [1.807, 2.05) is 24.3 Å². The summed E-state index contributed by atoms with van der Waals surface area (Å²) in [6.45, 7) is 0. The highest BCUT2D eigenvalue weighted by Gasteiger charge is 2.07. The molecule has 0 unspecified atom stereocenters. The summed E-state index contributed by atoms with van der Waals surface area (Å²) in [7, 11) is 1.59. The molecule has 0 atom stereocenters. The number of ether oxygens (including phenoxy) is 1. The number of amides is 2. The van der Waals surface area contributed by atoms with Crippen molar-refractivity contribution in [3.63, 3.8) is 0 Å². The number of carbonyl (C=O) groups is 1. The van der Waals surface area contributed by atoms with E-state index in [9.17, 15) is 14.3 Å². The van der Waals surface area contributed by atoms with Crippen molar-refractivity contribution in [3.05, 3.63) is 95.8 Å². The average molecular weight is 405 g/mol. The highest BCUT2D eigenvalue weighted by molar-refractivity contribution is 6.12. The first-order chi connectivity index (χ1) is 14.5. The van der Waals surface area contributed by atoms with Crippen LogP contribution in [0.2, 0.25) is 0 Å². The van der Waals surface area contributed by atoms with Crippen LogP contribution in [-0.4, -0.2) is 24.0 Å². The number of carbonyl (C=O) groups excluding carboxylic acids is 1. The van der Waals surface area contributed by atoms with E-state index in [0.717, 1.165) is 11.3 Å². The molecule has 0 saturated carbocycles. The molecule has 0 aliphatic rings. The van der Waals surface area contributed by atoms with Crippen molar-refractivity contribution in [2.24, 2.45) is 5.10 Å². The van der Waals surface area contributed by atoms with E-state index in [4.69, 9.17) is 4.74 Å². The van der Waals surface area contributed by atoms with Crippen LogP contribution in [0.15, 0.2) is 84.0 Å². The Balaban J connectivity index is 1.79. The first-order valence-electron chi connectivity index (χ1n) is 9.06. The minimum atomic E-state index is -0.604. The molecule has 0 radical (unpaired) electrons. The molecule has 0 heterocycles. The molecule has 0 bridgehead atoms. The van der Waals surface area contributed by atoms with Crippen LogP contribution in [0.1, 0.15) is 11.1 Å². The van der Waals surface area contributed by atoms with Crippen LogP contribution in [-0.2, 0) is 0 Å². The standard InChI is InChI=1S/C23H20FN3O3/c1-30-19-13-6-16(7-14-19)8-15-21(20-4-2-3-5-22(20)28)26-27-23(29)25-18-11-9-17(24)10-12-18/h2-15,28H,1H3,(H2,25,27,29)/b15-8+,26-21+. The Bertz CT molecular complexity index is 1060. The number of nitrogens with zero attached hydrogens (tertiary/aromatic N) is 1. The first-order valence-corrected chi connectivity index (χ1v) is 9.06. The smallest absolute Gasteiger partial charge is 0.339 e. The van der Waals surface area contributed by atoms with Gasteiger partial charge in [0.25, 0.3) is 0 Å². The summed E-state index contributed by atoms with van der Waals surface area (Å²) in [5, 5.41) is 16.9. The minimum absolute atomic E-state index is 0.0244. The Morgan fingerprint density at radius 3 is 2.40 bits per heavy atom. The third kappa shape index (κ3) is 5.68. The topological polar surface area (TPSA) is 83.0 Å². The zero-order valence-corrected chi connectivity index (χ0v) is 16.2. The number of allylic oxidation sites excluding steroid dienone is 1. The maximum Gasteiger partial charge on any atom is 0.339 e. The van der Waals surface area contributed by atoms with Crippen molar-refractivity contribution >= 4 is 23.5 Å². The summed E-state index contributed by atoms with van der Waals surface area (Å²) < 4.78 is 18.1. The maximum absolute atomic E-state index is 13.0. The van der Waals surface area contributed by atoms with Gasteiger partial charge in [-0.05, 0) is 60.2 Å². The summed E-state index contributed by atoms with van der Waals surface area (Å²) in [6, 6.07) is 18.8. The van der Waals surface area contributed by atoms with Gasteiger partial charge >= 0.3 is 6.03 Å². The second-order valence-corrected chi connectivity index (χ2v) is 6.19. The molecule has 0 saturated heterocycles. The number of phenolic OH excluding ortho intramolecular Hbond substituents is 1. The molecule has 7 heteroatoms. The molecule has 0 aromatic heterocycles. The molecule has 0 aliphatic carbocycles. The number of hydrogen-bond donors (Lipinski definition) is 3. The normalized spacial score (nSPS) is 11.3. The van der Waals surface area contributed by atoms with E-state index >= 15 is 0 Å². The number of hydrazone groups is 1. The number of halogens is 1. The van der Waals surface area contributed by atoms with Crippen LogP contribution in [0.4, 0.5) is 14.9 Å². The fourth-order valence-corrected chi connectivity index (χ4v) is 2.57. The van der Waals surface area contributed by atoms with Gasteiger partial charge in [-0.3, -0.25) is 0 Å². The Morgan fingerprint density at radius 2 is 1.73 bits per heavy atom. The van der Waals surface area contributed by atoms with Gasteiger partial charge in [-0.2, -0.15) is 5.10 Å². The summed E-state index contributed by atoms with van der Waals surface area (Å²) >= 11 is 0.